The maximum atomic E-state index is 12.9. The summed E-state index contributed by atoms with van der Waals surface area (Å²) in [6, 6.07) is 4.27. The fraction of sp³-hybridized carbons (Fsp3) is 0.333. The molecule has 0 radical (unpaired) electrons. The predicted molar refractivity (Wildman–Crippen MR) is 95.1 cm³/mol. The van der Waals surface area contributed by atoms with Crippen LogP contribution in [-0.2, 0) is 0 Å². The first-order valence-electron chi connectivity index (χ1n) is 7.65. The number of thiazole rings is 1. The maximum absolute atomic E-state index is 12.9. The molecule has 1 aromatic carbocycles. The number of aromatic amines is 1. The molecule has 1 N–H and O–H groups in total. The molecule has 0 spiro atoms. The van der Waals surface area contributed by atoms with Crippen molar-refractivity contribution in [2.45, 2.75) is 33.7 Å². The molecule has 4 nitrogen and oxygen atoms in total. The fourth-order valence-corrected chi connectivity index (χ4v) is 3.69. The van der Waals surface area contributed by atoms with E-state index in [4.69, 9.17) is 0 Å². The number of rotatable bonds is 3. The van der Waals surface area contributed by atoms with Crippen molar-refractivity contribution >= 4 is 28.1 Å². The number of aryl methyl sites for hydroxylation is 3. The zero-order chi connectivity index (χ0) is 16.7. The van der Waals surface area contributed by atoms with E-state index in [0.29, 0.717) is 5.69 Å². The Labute approximate surface area is 140 Å². The maximum Gasteiger partial charge on any atom is 0.270 e. The standard InChI is InChI=1S/C18H21N3OS/c1-10-6-11(2)16-14(7-10)12(3)17(20-16)18(22)21(5)13(4)15-8-19-9-23-15/h6-9,13,20H,1-5H3/t13-/m0/s1. The van der Waals surface area contributed by atoms with Gasteiger partial charge < -0.3 is 9.88 Å². The van der Waals surface area contributed by atoms with Gasteiger partial charge in [-0.05, 0) is 44.9 Å². The highest BCUT2D eigenvalue weighted by atomic mass is 32.1. The molecule has 0 fully saturated rings. The second-order valence-electron chi connectivity index (χ2n) is 6.13. The number of hydrogen-bond acceptors (Lipinski definition) is 3. The SMILES string of the molecule is Cc1cc(C)c2[nH]c(C(=O)N(C)[C@@H](C)c3cncs3)c(C)c2c1. The van der Waals surface area contributed by atoms with Crippen molar-refractivity contribution in [3.8, 4) is 0 Å². The van der Waals surface area contributed by atoms with E-state index >= 15 is 0 Å². The van der Waals surface area contributed by atoms with Gasteiger partial charge in [0.1, 0.15) is 5.69 Å². The van der Waals surface area contributed by atoms with Gasteiger partial charge in [0.25, 0.3) is 5.91 Å². The van der Waals surface area contributed by atoms with Crippen LogP contribution < -0.4 is 0 Å². The van der Waals surface area contributed by atoms with Crippen molar-refractivity contribution in [3.05, 3.63) is 51.1 Å². The average molecular weight is 327 g/mol. The number of carbonyl (C=O) groups excluding carboxylic acids is 1. The van der Waals surface area contributed by atoms with Crippen LogP contribution >= 0.6 is 11.3 Å². The summed E-state index contributed by atoms with van der Waals surface area (Å²) in [6.45, 7) is 8.19. The molecule has 0 aliphatic rings. The molecule has 5 heteroatoms. The number of hydrogen-bond donors (Lipinski definition) is 1. The summed E-state index contributed by atoms with van der Waals surface area (Å²) in [7, 11) is 1.84. The number of H-pyrrole nitrogens is 1. The van der Waals surface area contributed by atoms with Gasteiger partial charge >= 0.3 is 0 Å². The number of amides is 1. The first-order chi connectivity index (χ1) is 10.9. The number of nitrogens with zero attached hydrogens (tertiary/aromatic N) is 2. The predicted octanol–water partition coefficient (Wildman–Crippen LogP) is 4.38. The first-order valence-corrected chi connectivity index (χ1v) is 8.53. The zero-order valence-corrected chi connectivity index (χ0v) is 14.9. The summed E-state index contributed by atoms with van der Waals surface area (Å²) in [5.74, 6) is 0.0108. The lowest BCUT2D eigenvalue weighted by atomic mass is 10.1. The van der Waals surface area contributed by atoms with Crippen LogP contribution in [0.3, 0.4) is 0 Å². The Morgan fingerprint density at radius 3 is 2.70 bits per heavy atom. The topological polar surface area (TPSA) is 49.0 Å². The quantitative estimate of drug-likeness (QED) is 0.776. The Balaban J connectivity index is 2.01. The Morgan fingerprint density at radius 2 is 2.04 bits per heavy atom. The Hall–Kier alpha value is -2.14. The molecule has 1 atom stereocenters. The number of aromatic nitrogens is 2. The monoisotopic (exact) mass is 327 g/mol. The van der Waals surface area contributed by atoms with Gasteiger partial charge in [0, 0.05) is 29.0 Å². The summed E-state index contributed by atoms with van der Waals surface area (Å²) in [6.07, 6.45) is 1.82. The number of carbonyl (C=O) groups is 1. The fourth-order valence-electron chi connectivity index (χ4n) is 2.97. The normalized spacial score (nSPS) is 12.6. The van der Waals surface area contributed by atoms with E-state index in [1.807, 2.05) is 27.1 Å². The Kier molecular flexibility index (Phi) is 3.98. The Bertz CT molecular complexity index is 864. The first kappa shape index (κ1) is 15.7. The van der Waals surface area contributed by atoms with Gasteiger partial charge in [-0.2, -0.15) is 0 Å². The van der Waals surface area contributed by atoms with Gasteiger partial charge in [0.2, 0.25) is 0 Å². The van der Waals surface area contributed by atoms with Gasteiger partial charge in [-0.1, -0.05) is 11.6 Å². The molecule has 3 rings (SSSR count). The van der Waals surface area contributed by atoms with E-state index in [2.05, 4.69) is 35.9 Å². The minimum Gasteiger partial charge on any atom is -0.350 e. The molecular weight excluding hydrogens is 306 g/mol. The van der Waals surface area contributed by atoms with Gasteiger partial charge in [-0.3, -0.25) is 9.78 Å². The summed E-state index contributed by atoms with van der Waals surface area (Å²) in [4.78, 5) is 23.2. The Morgan fingerprint density at radius 1 is 1.30 bits per heavy atom. The van der Waals surface area contributed by atoms with E-state index in [0.717, 1.165) is 21.3 Å². The molecule has 23 heavy (non-hydrogen) atoms. The van der Waals surface area contributed by atoms with E-state index in [1.54, 1.807) is 21.7 Å². The molecule has 120 valence electrons. The largest absolute Gasteiger partial charge is 0.350 e. The molecule has 0 aliphatic carbocycles. The van der Waals surface area contributed by atoms with Crippen LogP contribution in [0.15, 0.2) is 23.8 Å². The molecule has 2 aromatic heterocycles. The van der Waals surface area contributed by atoms with Crippen LogP contribution in [0.25, 0.3) is 10.9 Å². The minimum atomic E-state index is 0.00338. The van der Waals surface area contributed by atoms with Gasteiger partial charge in [-0.15, -0.1) is 11.3 Å². The summed E-state index contributed by atoms with van der Waals surface area (Å²) in [5, 5.41) is 1.13. The van der Waals surface area contributed by atoms with Crippen LogP contribution in [-0.4, -0.2) is 27.8 Å². The van der Waals surface area contributed by atoms with E-state index in [9.17, 15) is 4.79 Å². The molecule has 1 amide bonds. The summed E-state index contributed by atoms with van der Waals surface area (Å²) in [5.41, 5.74) is 6.91. The van der Waals surface area contributed by atoms with E-state index in [1.165, 1.54) is 11.1 Å². The summed E-state index contributed by atoms with van der Waals surface area (Å²) >= 11 is 1.57. The van der Waals surface area contributed by atoms with Crippen LogP contribution in [0.4, 0.5) is 0 Å². The van der Waals surface area contributed by atoms with Crippen LogP contribution in [0.5, 0.6) is 0 Å². The third-order valence-corrected chi connectivity index (χ3v) is 5.43. The number of nitrogens with one attached hydrogen (secondary N) is 1. The summed E-state index contributed by atoms with van der Waals surface area (Å²) < 4.78 is 0. The van der Waals surface area contributed by atoms with E-state index in [-0.39, 0.29) is 11.9 Å². The van der Waals surface area contributed by atoms with Gasteiger partial charge in [0.05, 0.1) is 11.6 Å². The third kappa shape index (κ3) is 2.65. The molecule has 0 saturated heterocycles. The number of fused-ring (bicyclic) bond motifs is 1. The molecule has 3 aromatic rings. The van der Waals surface area contributed by atoms with Crippen LogP contribution in [0.1, 0.15) is 45.0 Å². The van der Waals surface area contributed by atoms with Crippen LogP contribution in [0.2, 0.25) is 0 Å². The third-order valence-electron chi connectivity index (χ3n) is 4.49. The van der Waals surface area contributed by atoms with Crippen molar-refractivity contribution < 1.29 is 4.79 Å². The van der Waals surface area contributed by atoms with E-state index < -0.39 is 0 Å². The smallest absolute Gasteiger partial charge is 0.270 e. The lowest BCUT2D eigenvalue weighted by Gasteiger charge is -2.23. The van der Waals surface area contributed by atoms with Crippen LogP contribution in [0, 0.1) is 20.8 Å². The highest BCUT2D eigenvalue weighted by molar-refractivity contribution is 7.09. The second-order valence-corrected chi connectivity index (χ2v) is 7.04. The lowest BCUT2D eigenvalue weighted by molar-refractivity contribution is 0.0739. The van der Waals surface area contributed by atoms with Crippen molar-refractivity contribution in [1.82, 2.24) is 14.9 Å². The molecular formula is C18H21N3OS. The van der Waals surface area contributed by atoms with Gasteiger partial charge in [0.15, 0.2) is 0 Å². The lowest BCUT2D eigenvalue weighted by Crippen LogP contribution is -2.30. The second kappa shape index (κ2) is 5.81. The molecule has 0 unspecified atom stereocenters. The molecule has 0 saturated carbocycles. The molecule has 0 bridgehead atoms. The molecule has 2 heterocycles. The van der Waals surface area contributed by atoms with Gasteiger partial charge in [-0.25, -0.2) is 0 Å². The minimum absolute atomic E-state index is 0.00338. The number of benzene rings is 1. The molecule has 0 aliphatic heterocycles. The average Bonchev–Trinajstić information content (AvgIpc) is 3.14. The highest BCUT2D eigenvalue weighted by Gasteiger charge is 2.24. The van der Waals surface area contributed by atoms with Crippen molar-refractivity contribution in [3.63, 3.8) is 0 Å². The van der Waals surface area contributed by atoms with Crippen molar-refractivity contribution in [2.24, 2.45) is 0 Å². The van der Waals surface area contributed by atoms with Crippen molar-refractivity contribution in [2.75, 3.05) is 7.05 Å². The zero-order valence-electron chi connectivity index (χ0n) is 14.1. The van der Waals surface area contributed by atoms with Crippen molar-refractivity contribution in [1.29, 1.82) is 0 Å². The highest BCUT2D eigenvalue weighted by Crippen LogP contribution is 2.29.